The Morgan fingerprint density at radius 2 is 1.67 bits per heavy atom. The van der Waals surface area contributed by atoms with E-state index in [0.717, 1.165) is 12.1 Å². The van der Waals surface area contributed by atoms with Crippen LogP contribution in [0.1, 0.15) is 11.3 Å². The lowest BCUT2D eigenvalue weighted by Gasteiger charge is -2.08. The summed E-state index contributed by atoms with van der Waals surface area (Å²) in [7, 11) is 0. The van der Waals surface area contributed by atoms with E-state index in [2.05, 4.69) is 10.2 Å². The van der Waals surface area contributed by atoms with Crippen molar-refractivity contribution in [3.8, 4) is 11.1 Å². The molecule has 0 aliphatic carbocycles. The molecule has 2 rings (SSSR count). The third-order valence-corrected chi connectivity index (χ3v) is 2.66. The molecule has 0 saturated heterocycles. The van der Waals surface area contributed by atoms with Crippen LogP contribution in [-0.2, 0) is 6.18 Å². The Bertz CT molecular complexity index is 565. The Morgan fingerprint density at radius 3 is 2.22 bits per heavy atom. The summed E-state index contributed by atoms with van der Waals surface area (Å²) < 4.78 is 37.3. The Balaban J connectivity index is 2.43. The fraction of sp³-hybridized carbons (Fsp3) is 0.167. The SMILES string of the molecule is Cc1nnc(Cl)cc1-c1ccc(C(F)(F)F)cc1. The minimum absolute atomic E-state index is 0.204. The van der Waals surface area contributed by atoms with Gasteiger partial charge in [-0.05, 0) is 30.7 Å². The molecule has 94 valence electrons. The number of aromatic nitrogens is 2. The summed E-state index contributed by atoms with van der Waals surface area (Å²) in [6.07, 6.45) is -4.33. The van der Waals surface area contributed by atoms with E-state index in [1.807, 2.05) is 0 Å². The van der Waals surface area contributed by atoms with E-state index < -0.39 is 11.7 Å². The van der Waals surface area contributed by atoms with Gasteiger partial charge in [-0.15, -0.1) is 5.10 Å². The van der Waals surface area contributed by atoms with Crippen molar-refractivity contribution in [1.29, 1.82) is 0 Å². The predicted molar refractivity (Wildman–Crippen MR) is 62.2 cm³/mol. The lowest BCUT2D eigenvalue weighted by Crippen LogP contribution is -2.04. The predicted octanol–water partition coefficient (Wildman–Crippen LogP) is 4.12. The quantitative estimate of drug-likeness (QED) is 0.780. The molecule has 0 aliphatic rings. The van der Waals surface area contributed by atoms with E-state index in [1.54, 1.807) is 13.0 Å². The van der Waals surface area contributed by atoms with Gasteiger partial charge < -0.3 is 0 Å². The number of nitrogens with zero attached hydrogens (tertiary/aromatic N) is 2. The Labute approximate surface area is 106 Å². The fourth-order valence-electron chi connectivity index (χ4n) is 1.56. The van der Waals surface area contributed by atoms with Crippen LogP contribution in [0.2, 0.25) is 5.15 Å². The molecule has 0 radical (unpaired) electrons. The Hall–Kier alpha value is -1.62. The number of aryl methyl sites for hydroxylation is 1. The summed E-state index contributed by atoms with van der Waals surface area (Å²) in [6.45, 7) is 1.72. The maximum Gasteiger partial charge on any atom is 0.416 e. The molecule has 0 saturated carbocycles. The standard InChI is InChI=1S/C12H8ClF3N2/c1-7-10(6-11(13)18-17-7)8-2-4-9(5-3-8)12(14,15)16/h2-6H,1H3. The van der Waals surface area contributed by atoms with Crippen molar-refractivity contribution in [3.05, 3.63) is 46.7 Å². The average Bonchev–Trinajstić information content (AvgIpc) is 2.31. The lowest BCUT2D eigenvalue weighted by molar-refractivity contribution is -0.137. The second kappa shape index (κ2) is 4.57. The normalized spacial score (nSPS) is 11.6. The zero-order valence-electron chi connectivity index (χ0n) is 9.29. The number of benzene rings is 1. The van der Waals surface area contributed by atoms with Gasteiger partial charge in [0.15, 0.2) is 5.15 Å². The average molecular weight is 273 g/mol. The van der Waals surface area contributed by atoms with Gasteiger partial charge in [0, 0.05) is 5.56 Å². The molecule has 0 aliphatic heterocycles. The van der Waals surface area contributed by atoms with Crippen molar-refractivity contribution >= 4 is 11.6 Å². The highest BCUT2D eigenvalue weighted by Crippen LogP contribution is 2.31. The summed E-state index contributed by atoms with van der Waals surface area (Å²) in [5.74, 6) is 0. The summed E-state index contributed by atoms with van der Waals surface area (Å²) >= 11 is 5.72. The number of hydrogen-bond acceptors (Lipinski definition) is 2. The zero-order valence-corrected chi connectivity index (χ0v) is 10.0. The monoisotopic (exact) mass is 272 g/mol. The van der Waals surface area contributed by atoms with Crippen LogP contribution in [0.15, 0.2) is 30.3 Å². The van der Waals surface area contributed by atoms with Crippen molar-refractivity contribution in [2.45, 2.75) is 13.1 Å². The van der Waals surface area contributed by atoms with Crippen LogP contribution >= 0.6 is 11.6 Å². The van der Waals surface area contributed by atoms with E-state index in [4.69, 9.17) is 11.6 Å². The first-order chi connectivity index (χ1) is 8.38. The highest BCUT2D eigenvalue weighted by Gasteiger charge is 2.30. The molecule has 0 bridgehead atoms. The van der Waals surface area contributed by atoms with E-state index in [-0.39, 0.29) is 5.15 Å². The van der Waals surface area contributed by atoms with Gasteiger partial charge >= 0.3 is 6.18 Å². The third kappa shape index (κ3) is 2.61. The molecule has 0 atom stereocenters. The zero-order chi connectivity index (χ0) is 13.3. The first-order valence-corrected chi connectivity index (χ1v) is 5.43. The number of alkyl halides is 3. The minimum atomic E-state index is -4.33. The number of hydrogen-bond donors (Lipinski definition) is 0. The highest BCUT2D eigenvalue weighted by molar-refractivity contribution is 6.29. The van der Waals surface area contributed by atoms with Crippen molar-refractivity contribution in [2.75, 3.05) is 0 Å². The molecule has 0 N–H and O–H groups in total. The summed E-state index contributed by atoms with van der Waals surface area (Å²) in [5, 5.41) is 7.68. The smallest absolute Gasteiger partial charge is 0.166 e. The van der Waals surface area contributed by atoms with Crippen LogP contribution in [0.4, 0.5) is 13.2 Å². The summed E-state index contributed by atoms with van der Waals surface area (Å²) in [5.41, 5.74) is 1.22. The van der Waals surface area contributed by atoms with Gasteiger partial charge in [0.1, 0.15) is 0 Å². The van der Waals surface area contributed by atoms with Crippen molar-refractivity contribution in [2.24, 2.45) is 0 Å². The van der Waals surface area contributed by atoms with Crippen LogP contribution in [0.5, 0.6) is 0 Å². The molecule has 18 heavy (non-hydrogen) atoms. The number of rotatable bonds is 1. The molecule has 1 aromatic heterocycles. The van der Waals surface area contributed by atoms with Gasteiger partial charge in [0.05, 0.1) is 11.3 Å². The molecule has 6 heteroatoms. The molecule has 0 spiro atoms. The van der Waals surface area contributed by atoms with Gasteiger partial charge in [0.2, 0.25) is 0 Å². The molecule has 2 nitrogen and oxygen atoms in total. The Kier molecular flexibility index (Phi) is 3.26. The van der Waals surface area contributed by atoms with Gasteiger partial charge in [-0.25, -0.2) is 0 Å². The van der Waals surface area contributed by atoms with Crippen LogP contribution in [0.25, 0.3) is 11.1 Å². The Morgan fingerprint density at radius 1 is 1.06 bits per heavy atom. The molecule has 2 aromatic rings. The maximum atomic E-state index is 12.4. The third-order valence-electron chi connectivity index (χ3n) is 2.47. The lowest BCUT2D eigenvalue weighted by atomic mass is 10.0. The van der Waals surface area contributed by atoms with E-state index >= 15 is 0 Å². The molecule has 1 aromatic carbocycles. The molecule has 1 heterocycles. The van der Waals surface area contributed by atoms with Gasteiger partial charge in [-0.1, -0.05) is 23.7 Å². The second-order valence-electron chi connectivity index (χ2n) is 3.74. The first-order valence-electron chi connectivity index (χ1n) is 5.05. The van der Waals surface area contributed by atoms with Crippen LogP contribution < -0.4 is 0 Å². The van der Waals surface area contributed by atoms with Crippen LogP contribution in [0.3, 0.4) is 0 Å². The van der Waals surface area contributed by atoms with E-state index in [0.29, 0.717) is 16.8 Å². The maximum absolute atomic E-state index is 12.4. The summed E-state index contributed by atoms with van der Waals surface area (Å²) in [4.78, 5) is 0. The van der Waals surface area contributed by atoms with Crippen LogP contribution in [-0.4, -0.2) is 10.2 Å². The molecule has 0 amide bonds. The van der Waals surface area contributed by atoms with E-state index in [1.165, 1.54) is 12.1 Å². The molecular weight excluding hydrogens is 265 g/mol. The van der Waals surface area contributed by atoms with E-state index in [9.17, 15) is 13.2 Å². The number of halogens is 4. The highest BCUT2D eigenvalue weighted by atomic mass is 35.5. The van der Waals surface area contributed by atoms with Crippen molar-refractivity contribution in [3.63, 3.8) is 0 Å². The topological polar surface area (TPSA) is 25.8 Å². The first kappa shape index (κ1) is 12.8. The largest absolute Gasteiger partial charge is 0.416 e. The molecule has 0 unspecified atom stereocenters. The van der Waals surface area contributed by atoms with Gasteiger partial charge in [0.25, 0.3) is 0 Å². The van der Waals surface area contributed by atoms with Crippen molar-refractivity contribution in [1.82, 2.24) is 10.2 Å². The summed E-state index contributed by atoms with van der Waals surface area (Å²) in [6, 6.07) is 6.42. The minimum Gasteiger partial charge on any atom is -0.166 e. The fourth-order valence-corrected chi connectivity index (χ4v) is 1.71. The molecular formula is C12H8ClF3N2. The molecule has 0 fully saturated rings. The second-order valence-corrected chi connectivity index (χ2v) is 4.13. The van der Waals surface area contributed by atoms with Crippen molar-refractivity contribution < 1.29 is 13.2 Å². The van der Waals surface area contributed by atoms with Crippen LogP contribution in [0, 0.1) is 6.92 Å². The van der Waals surface area contributed by atoms with Gasteiger partial charge in [-0.3, -0.25) is 0 Å². The van der Waals surface area contributed by atoms with Gasteiger partial charge in [-0.2, -0.15) is 18.3 Å².